The number of hydrogen-bond donors (Lipinski definition) is 1. The van der Waals surface area contributed by atoms with Gasteiger partial charge in [-0.1, -0.05) is 18.2 Å². The first kappa shape index (κ1) is 17.4. The fourth-order valence-electron chi connectivity index (χ4n) is 3.00. The minimum atomic E-state index is -0.523. The van der Waals surface area contributed by atoms with Crippen molar-refractivity contribution in [2.45, 2.75) is 11.3 Å². The molecule has 0 atom stereocenters. The molecule has 1 aromatic heterocycles. The second-order valence-corrected chi connectivity index (χ2v) is 7.20. The summed E-state index contributed by atoms with van der Waals surface area (Å²) in [5.74, 6) is -0.0690. The van der Waals surface area contributed by atoms with Crippen molar-refractivity contribution >= 4 is 34.2 Å². The first-order chi connectivity index (χ1) is 13.0. The maximum atomic E-state index is 13.6. The molecule has 0 aliphatic carbocycles. The number of aryl methyl sites for hydroxylation is 1. The maximum absolute atomic E-state index is 13.6. The topological polar surface area (TPSA) is 76.3 Å². The van der Waals surface area contributed by atoms with E-state index in [4.69, 9.17) is 0 Å². The van der Waals surface area contributed by atoms with Crippen LogP contribution in [-0.2, 0) is 7.05 Å². The van der Waals surface area contributed by atoms with Gasteiger partial charge in [0.05, 0.1) is 11.1 Å². The average Bonchev–Trinajstić information content (AvgIpc) is 2.69. The van der Waals surface area contributed by atoms with Gasteiger partial charge >= 0.3 is 0 Å². The fourth-order valence-corrected chi connectivity index (χ4v) is 4.01. The number of nitrogens with one attached hydrogen (secondary N) is 1. The summed E-state index contributed by atoms with van der Waals surface area (Å²) in [4.78, 5) is 25.8. The lowest BCUT2D eigenvalue weighted by atomic mass is 10.1. The van der Waals surface area contributed by atoms with Gasteiger partial charge in [-0.15, -0.1) is 11.8 Å². The molecule has 1 aliphatic heterocycles. The lowest BCUT2D eigenvalue weighted by Gasteiger charge is -2.17. The van der Waals surface area contributed by atoms with Gasteiger partial charge in [-0.25, -0.2) is 14.5 Å². The second-order valence-electron chi connectivity index (χ2n) is 6.06. The van der Waals surface area contributed by atoms with E-state index >= 15 is 0 Å². The molecule has 27 heavy (non-hydrogen) atoms. The van der Waals surface area contributed by atoms with E-state index in [1.54, 1.807) is 42.1 Å². The number of nitrogens with zero attached hydrogens (tertiary/aromatic N) is 3. The van der Waals surface area contributed by atoms with Crippen molar-refractivity contribution in [1.29, 1.82) is 0 Å². The van der Waals surface area contributed by atoms with Crippen molar-refractivity contribution in [3.05, 3.63) is 69.9 Å². The summed E-state index contributed by atoms with van der Waals surface area (Å²) in [6.07, 6.45) is 0.614. The third kappa shape index (κ3) is 3.23. The summed E-state index contributed by atoms with van der Waals surface area (Å²) in [6, 6.07) is 11.3. The van der Waals surface area contributed by atoms with Crippen molar-refractivity contribution in [2.75, 3.05) is 5.75 Å². The van der Waals surface area contributed by atoms with Crippen molar-refractivity contribution in [3.8, 4) is 0 Å². The monoisotopic (exact) mass is 382 g/mol. The zero-order valence-electron chi connectivity index (χ0n) is 14.4. The Morgan fingerprint density at radius 1 is 1.26 bits per heavy atom. The van der Waals surface area contributed by atoms with Crippen LogP contribution in [0.3, 0.4) is 0 Å². The molecule has 2 aromatic carbocycles. The number of halogens is 1. The highest BCUT2D eigenvalue weighted by Gasteiger charge is 2.19. The van der Waals surface area contributed by atoms with E-state index in [2.05, 4.69) is 15.6 Å². The molecule has 6 nitrogen and oxygen atoms in total. The van der Waals surface area contributed by atoms with Gasteiger partial charge in [0, 0.05) is 35.1 Å². The Morgan fingerprint density at radius 3 is 2.85 bits per heavy atom. The Balaban J connectivity index is 1.70. The highest BCUT2D eigenvalue weighted by Crippen LogP contribution is 2.30. The third-order valence-electron chi connectivity index (χ3n) is 4.31. The molecule has 0 saturated heterocycles. The lowest BCUT2D eigenvalue weighted by Crippen LogP contribution is -2.28. The molecule has 2 heterocycles. The molecule has 0 fully saturated rings. The number of aromatic nitrogens is 2. The minimum absolute atomic E-state index is 0.113. The van der Waals surface area contributed by atoms with E-state index in [9.17, 15) is 14.0 Å². The number of thioether (sulfide) groups is 1. The molecule has 0 saturated carbocycles. The number of hydrogen-bond acceptors (Lipinski definition) is 5. The van der Waals surface area contributed by atoms with Gasteiger partial charge in [0.15, 0.2) is 5.69 Å². The molecule has 0 radical (unpaired) electrons. The summed E-state index contributed by atoms with van der Waals surface area (Å²) in [5, 5.41) is 9.17. The van der Waals surface area contributed by atoms with E-state index in [0.717, 1.165) is 15.3 Å². The van der Waals surface area contributed by atoms with Crippen LogP contribution in [0.1, 0.15) is 22.5 Å². The van der Waals surface area contributed by atoms with Crippen molar-refractivity contribution < 1.29 is 9.18 Å². The van der Waals surface area contributed by atoms with Crippen LogP contribution in [0, 0.1) is 5.82 Å². The van der Waals surface area contributed by atoms with Gasteiger partial charge in [-0.3, -0.25) is 9.59 Å². The molecule has 1 amide bonds. The molecular weight excluding hydrogens is 367 g/mol. The van der Waals surface area contributed by atoms with Crippen molar-refractivity contribution in [2.24, 2.45) is 12.1 Å². The highest BCUT2D eigenvalue weighted by molar-refractivity contribution is 7.99. The normalized spacial score (nSPS) is 15.0. The van der Waals surface area contributed by atoms with E-state index in [0.29, 0.717) is 28.5 Å². The number of benzene rings is 2. The predicted molar refractivity (Wildman–Crippen MR) is 103 cm³/mol. The zero-order chi connectivity index (χ0) is 19.0. The second kappa shape index (κ2) is 6.96. The number of rotatable bonds is 2. The Morgan fingerprint density at radius 2 is 2.04 bits per heavy atom. The molecule has 1 aliphatic rings. The van der Waals surface area contributed by atoms with Crippen molar-refractivity contribution in [1.82, 2.24) is 15.2 Å². The summed E-state index contributed by atoms with van der Waals surface area (Å²) < 4.78 is 14.7. The maximum Gasteiger partial charge on any atom is 0.292 e. The number of amides is 1. The lowest BCUT2D eigenvalue weighted by molar-refractivity contribution is 0.0949. The summed E-state index contributed by atoms with van der Waals surface area (Å²) in [6.45, 7) is 0. The Hall–Kier alpha value is -3.00. The number of fused-ring (bicyclic) bond motifs is 2. The Kier molecular flexibility index (Phi) is 4.49. The van der Waals surface area contributed by atoms with E-state index in [-0.39, 0.29) is 17.1 Å². The van der Waals surface area contributed by atoms with Gasteiger partial charge in [0.1, 0.15) is 5.82 Å². The van der Waals surface area contributed by atoms with Crippen LogP contribution in [0.25, 0.3) is 10.8 Å². The van der Waals surface area contributed by atoms with Crippen molar-refractivity contribution in [3.63, 3.8) is 0 Å². The van der Waals surface area contributed by atoms with E-state index in [1.807, 2.05) is 0 Å². The number of carbonyl (C=O) groups excluding carboxylic acids is 1. The van der Waals surface area contributed by atoms with Gasteiger partial charge < -0.3 is 0 Å². The highest BCUT2D eigenvalue weighted by atomic mass is 32.2. The summed E-state index contributed by atoms with van der Waals surface area (Å²) in [5.41, 5.74) is 3.65. The van der Waals surface area contributed by atoms with Gasteiger partial charge in [0.2, 0.25) is 0 Å². The van der Waals surface area contributed by atoms with E-state index < -0.39 is 5.91 Å². The van der Waals surface area contributed by atoms with E-state index in [1.165, 1.54) is 19.2 Å². The van der Waals surface area contributed by atoms with Crippen LogP contribution in [0.15, 0.2) is 57.3 Å². The molecule has 0 bridgehead atoms. The standard InChI is InChI=1S/C19H15FN4O2S/c1-24-19(26)13-5-3-2-4-12(13)17(23-24)18(25)22-21-15-8-9-27-16-7-6-11(20)10-14(15)16/h2-7,10H,8-9H2,1H3,(H,22,25)/b21-15-. The largest absolute Gasteiger partial charge is 0.292 e. The average molecular weight is 382 g/mol. The molecular formula is C19H15FN4O2S. The van der Waals surface area contributed by atoms with Crippen LogP contribution in [0.4, 0.5) is 4.39 Å². The van der Waals surface area contributed by atoms with Crippen LogP contribution < -0.4 is 11.0 Å². The summed E-state index contributed by atoms with van der Waals surface area (Å²) in [7, 11) is 1.49. The quantitative estimate of drug-likeness (QED) is 0.692. The van der Waals surface area contributed by atoms with Gasteiger partial charge in [-0.2, -0.15) is 10.2 Å². The molecule has 1 N–H and O–H groups in total. The summed E-state index contributed by atoms with van der Waals surface area (Å²) >= 11 is 1.63. The minimum Gasteiger partial charge on any atom is -0.267 e. The fraction of sp³-hybridized carbons (Fsp3) is 0.158. The van der Waals surface area contributed by atoms with Crippen LogP contribution in [-0.4, -0.2) is 27.2 Å². The molecule has 8 heteroatoms. The first-order valence-electron chi connectivity index (χ1n) is 8.30. The SMILES string of the molecule is Cn1nc(C(=O)N/N=C2/CCSc3ccc(F)cc32)c2ccccc2c1=O. The molecule has 136 valence electrons. The molecule has 0 spiro atoms. The van der Waals surface area contributed by atoms with Crippen LogP contribution in [0.2, 0.25) is 0 Å². The van der Waals surface area contributed by atoms with Gasteiger partial charge in [-0.05, 0) is 24.3 Å². The van der Waals surface area contributed by atoms with Gasteiger partial charge in [0.25, 0.3) is 11.5 Å². The number of carbonyl (C=O) groups is 1. The first-order valence-corrected chi connectivity index (χ1v) is 9.29. The molecule has 4 rings (SSSR count). The third-order valence-corrected chi connectivity index (χ3v) is 5.39. The van der Waals surface area contributed by atoms with Crippen LogP contribution in [0.5, 0.6) is 0 Å². The number of hydrazone groups is 1. The molecule has 3 aromatic rings. The van der Waals surface area contributed by atoms with Crippen LogP contribution >= 0.6 is 11.8 Å². The molecule has 0 unspecified atom stereocenters. The predicted octanol–water partition coefficient (Wildman–Crippen LogP) is 2.70. The Labute approximate surface area is 158 Å². The Bertz CT molecular complexity index is 1160. The smallest absolute Gasteiger partial charge is 0.267 e. The zero-order valence-corrected chi connectivity index (χ0v) is 15.2.